The average Bonchev–Trinajstić information content (AvgIpc) is 2.89. The zero-order chi connectivity index (χ0) is 15.3. The summed E-state index contributed by atoms with van der Waals surface area (Å²) >= 11 is 1.74. The second-order valence-electron chi connectivity index (χ2n) is 6.07. The quantitative estimate of drug-likeness (QED) is 0.823. The van der Waals surface area contributed by atoms with Crippen molar-refractivity contribution in [2.45, 2.75) is 52.0 Å². The van der Waals surface area contributed by atoms with Crippen molar-refractivity contribution in [3.8, 4) is 0 Å². The first-order valence-corrected chi connectivity index (χ1v) is 8.63. The van der Waals surface area contributed by atoms with E-state index in [4.69, 9.17) is 0 Å². The fraction of sp³-hybridized carbons (Fsp3) is 0.500. The maximum absolute atomic E-state index is 4.69. The summed E-state index contributed by atoms with van der Waals surface area (Å²) in [6, 6.07) is 11.4. The van der Waals surface area contributed by atoms with Crippen LogP contribution >= 0.6 is 11.3 Å². The SMILES string of the molecule is CCC(CNC(C)C)(Cc1csc(C)n1)c1ccccc1. The Morgan fingerprint density at radius 2 is 1.95 bits per heavy atom. The van der Waals surface area contributed by atoms with Crippen molar-refractivity contribution >= 4 is 11.3 Å². The molecule has 1 atom stereocenters. The van der Waals surface area contributed by atoms with Gasteiger partial charge in [-0.15, -0.1) is 11.3 Å². The van der Waals surface area contributed by atoms with E-state index in [1.807, 2.05) is 0 Å². The van der Waals surface area contributed by atoms with Crippen molar-refractivity contribution in [1.29, 1.82) is 0 Å². The molecular weight excluding hydrogens is 276 g/mol. The lowest BCUT2D eigenvalue weighted by molar-refractivity contribution is 0.361. The van der Waals surface area contributed by atoms with Gasteiger partial charge < -0.3 is 5.32 Å². The molecular formula is C18H26N2S. The summed E-state index contributed by atoms with van der Waals surface area (Å²) in [6.45, 7) is 9.77. The summed E-state index contributed by atoms with van der Waals surface area (Å²) < 4.78 is 0. The third-order valence-corrected chi connectivity index (χ3v) is 4.92. The number of nitrogens with one attached hydrogen (secondary N) is 1. The van der Waals surface area contributed by atoms with E-state index in [0.717, 1.165) is 24.4 Å². The minimum Gasteiger partial charge on any atom is -0.314 e. The van der Waals surface area contributed by atoms with Gasteiger partial charge in [0.1, 0.15) is 0 Å². The van der Waals surface area contributed by atoms with Gasteiger partial charge in [0.05, 0.1) is 10.7 Å². The van der Waals surface area contributed by atoms with Crippen LogP contribution in [0.15, 0.2) is 35.7 Å². The lowest BCUT2D eigenvalue weighted by Gasteiger charge is -2.34. The molecule has 1 aromatic carbocycles. The predicted octanol–water partition coefficient (Wildman–Crippen LogP) is 4.34. The molecule has 3 heteroatoms. The number of rotatable bonds is 7. The predicted molar refractivity (Wildman–Crippen MR) is 92.1 cm³/mol. The third kappa shape index (κ3) is 4.14. The Kier molecular flexibility index (Phi) is 5.54. The van der Waals surface area contributed by atoms with Crippen LogP contribution in [0.25, 0.3) is 0 Å². The van der Waals surface area contributed by atoms with Gasteiger partial charge in [0, 0.05) is 29.8 Å². The highest BCUT2D eigenvalue weighted by Crippen LogP contribution is 2.32. The van der Waals surface area contributed by atoms with Gasteiger partial charge >= 0.3 is 0 Å². The first-order valence-electron chi connectivity index (χ1n) is 7.75. The Hall–Kier alpha value is -1.19. The molecule has 1 heterocycles. The molecule has 2 nitrogen and oxygen atoms in total. The molecule has 2 rings (SSSR count). The van der Waals surface area contributed by atoms with Gasteiger partial charge in [0.2, 0.25) is 0 Å². The zero-order valence-electron chi connectivity index (χ0n) is 13.5. The number of benzene rings is 1. The molecule has 0 spiro atoms. The van der Waals surface area contributed by atoms with Crippen LogP contribution in [0.3, 0.4) is 0 Å². The van der Waals surface area contributed by atoms with E-state index < -0.39 is 0 Å². The number of nitrogens with zero attached hydrogens (tertiary/aromatic N) is 1. The molecule has 0 saturated heterocycles. The summed E-state index contributed by atoms with van der Waals surface area (Å²) in [5.41, 5.74) is 2.74. The van der Waals surface area contributed by atoms with Crippen LogP contribution in [0.1, 0.15) is 43.5 Å². The van der Waals surface area contributed by atoms with Gasteiger partial charge in [-0.1, -0.05) is 51.1 Å². The number of aryl methyl sites for hydroxylation is 1. The van der Waals surface area contributed by atoms with Crippen LogP contribution in [-0.2, 0) is 11.8 Å². The fourth-order valence-corrected chi connectivity index (χ4v) is 3.36. The molecule has 1 N–H and O–H groups in total. The molecule has 0 fully saturated rings. The Labute approximate surface area is 132 Å². The Morgan fingerprint density at radius 1 is 1.24 bits per heavy atom. The lowest BCUT2D eigenvalue weighted by Crippen LogP contribution is -2.42. The summed E-state index contributed by atoms with van der Waals surface area (Å²) in [4.78, 5) is 4.69. The standard InChI is InChI=1S/C18H26N2S/c1-5-18(13-19-14(2)3,16-9-7-6-8-10-16)11-17-12-21-15(4)20-17/h6-10,12,14,19H,5,11,13H2,1-4H3. The largest absolute Gasteiger partial charge is 0.314 e. The van der Waals surface area contributed by atoms with Crippen LogP contribution in [0.5, 0.6) is 0 Å². The van der Waals surface area contributed by atoms with E-state index in [9.17, 15) is 0 Å². The molecule has 0 bridgehead atoms. The van der Waals surface area contributed by atoms with Gasteiger partial charge in [-0.25, -0.2) is 4.98 Å². The van der Waals surface area contributed by atoms with Gasteiger partial charge in [-0.2, -0.15) is 0 Å². The number of aromatic nitrogens is 1. The van der Waals surface area contributed by atoms with Crippen LogP contribution < -0.4 is 5.32 Å². The molecule has 0 amide bonds. The summed E-state index contributed by atoms with van der Waals surface area (Å²) in [6.07, 6.45) is 2.10. The second kappa shape index (κ2) is 7.19. The zero-order valence-corrected chi connectivity index (χ0v) is 14.3. The second-order valence-corrected chi connectivity index (χ2v) is 7.13. The van der Waals surface area contributed by atoms with E-state index in [-0.39, 0.29) is 5.41 Å². The van der Waals surface area contributed by atoms with Crippen LogP contribution in [-0.4, -0.2) is 17.6 Å². The molecule has 0 aliphatic rings. The van der Waals surface area contributed by atoms with E-state index in [1.165, 1.54) is 11.3 Å². The monoisotopic (exact) mass is 302 g/mol. The van der Waals surface area contributed by atoms with Gasteiger partial charge in [-0.05, 0) is 18.9 Å². The molecule has 2 aromatic rings. The molecule has 1 aromatic heterocycles. The van der Waals surface area contributed by atoms with Crippen molar-refractivity contribution in [3.05, 3.63) is 52.0 Å². The van der Waals surface area contributed by atoms with Crippen molar-refractivity contribution in [2.75, 3.05) is 6.54 Å². The normalized spacial score (nSPS) is 14.3. The fourth-order valence-electron chi connectivity index (χ4n) is 2.75. The Morgan fingerprint density at radius 3 is 2.48 bits per heavy atom. The van der Waals surface area contributed by atoms with Crippen molar-refractivity contribution < 1.29 is 0 Å². The maximum atomic E-state index is 4.69. The topological polar surface area (TPSA) is 24.9 Å². The molecule has 0 saturated carbocycles. The highest BCUT2D eigenvalue weighted by molar-refractivity contribution is 7.09. The first kappa shape index (κ1) is 16.2. The highest BCUT2D eigenvalue weighted by Gasteiger charge is 2.31. The number of hydrogen-bond acceptors (Lipinski definition) is 3. The molecule has 0 aliphatic heterocycles. The van der Waals surface area contributed by atoms with Crippen LogP contribution in [0, 0.1) is 6.92 Å². The smallest absolute Gasteiger partial charge is 0.0897 e. The summed E-state index contributed by atoms with van der Waals surface area (Å²) in [7, 11) is 0. The first-order chi connectivity index (χ1) is 10.1. The van der Waals surface area contributed by atoms with E-state index >= 15 is 0 Å². The van der Waals surface area contributed by atoms with Gasteiger partial charge in [-0.3, -0.25) is 0 Å². The molecule has 21 heavy (non-hydrogen) atoms. The Bertz CT molecular complexity index is 547. The minimum absolute atomic E-state index is 0.117. The summed E-state index contributed by atoms with van der Waals surface area (Å²) in [5, 5.41) is 7.00. The number of hydrogen-bond donors (Lipinski definition) is 1. The highest BCUT2D eigenvalue weighted by atomic mass is 32.1. The number of thiazole rings is 1. The summed E-state index contributed by atoms with van der Waals surface area (Å²) in [5.74, 6) is 0. The van der Waals surface area contributed by atoms with Crippen LogP contribution in [0.2, 0.25) is 0 Å². The van der Waals surface area contributed by atoms with E-state index in [0.29, 0.717) is 6.04 Å². The molecule has 1 unspecified atom stereocenters. The lowest BCUT2D eigenvalue weighted by atomic mass is 9.74. The molecule has 0 aliphatic carbocycles. The van der Waals surface area contributed by atoms with Gasteiger partial charge in [0.25, 0.3) is 0 Å². The molecule has 114 valence electrons. The Balaban J connectivity index is 2.31. The average molecular weight is 302 g/mol. The van der Waals surface area contributed by atoms with Crippen LogP contribution in [0.4, 0.5) is 0 Å². The van der Waals surface area contributed by atoms with E-state index in [2.05, 4.69) is 73.7 Å². The van der Waals surface area contributed by atoms with Crippen molar-refractivity contribution in [1.82, 2.24) is 10.3 Å². The van der Waals surface area contributed by atoms with E-state index in [1.54, 1.807) is 11.3 Å². The third-order valence-electron chi connectivity index (χ3n) is 4.10. The van der Waals surface area contributed by atoms with Crippen molar-refractivity contribution in [3.63, 3.8) is 0 Å². The van der Waals surface area contributed by atoms with Crippen molar-refractivity contribution in [2.24, 2.45) is 0 Å². The molecule has 0 radical (unpaired) electrons. The minimum atomic E-state index is 0.117. The maximum Gasteiger partial charge on any atom is 0.0897 e. The van der Waals surface area contributed by atoms with Gasteiger partial charge in [0.15, 0.2) is 0 Å².